The summed E-state index contributed by atoms with van der Waals surface area (Å²) in [5, 5.41) is 3.23. The fourth-order valence-corrected chi connectivity index (χ4v) is 2.36. The van der Waals surface area contributed by atoms with Gasteiger partial charge in [0.1, 0.15) is 0 Å². The van der Waals surface area contributed by atoms with Crippen LogP contribution in [0.3, 0.4) is 0 Å². The number of hydrogen-bond acceptors (Lipinski definition) is 2. The monoisotopic (exact) mass is 299 g/mol. The van der Waals surface area contributed by atoms with Crippen LogP contribution in [0.15, 0.2) is 18.2 Å². The molecular formula is C17H27F2NO. The van der Waals surface area contributed by atoms with Crippen LogP contribution in [0.1, 0.15) is 52.1 Å². The molecule has 0 spiro atoms. The first-order valence-electron chi connectivity index (χ1n) is 7.74. The maximum atomic E-state index is 13.9. The number of benzene rings is 1. The van der Waals surface area contributed by atoms with E-state index in [1.807, 2.05) is 13.8 Å². The SMILES string of the molecule is CCCNC(COC(C)CC(C)C)c1cccc(F)c1F. The molecule has 0 aliphatic rings. The molecule has 0 fully saturated rings. The Bertz CT molecular complexity index is 423. The average molecular weight is 299 g/mol. The first-order chi connectivity index (χ1) is 9.95. The van der Waals surface area contributed by atoms with Crippen LogP contribution < -0.4 is 5.32 Å². The quantitative estimate of drug-likeness (QED) is 0.727. The van der Waals surface area contributed by atoms with Crippen LogP contribution >= 0.6 is 0 Å². The second-order valence-electron chi connectivity index (χ2n) is 5.92. The van der Waals surface area contributed by atoms with Crippen molar-refractivity contribution in [2.75, 3.05) is 13.2 Å². The number of halogens is 2. The summed E-state index contributed by atoms with van der Waals surface area (Å²) < 4.78 is 33.1. The summed E-state index contributed by atoms with van der Waals surface area (Å²) in [5.74, 6) is -1.05. The Morgan fingerprint density at radius 3 is 2.52 bits per heavy atom. The van der Waals surface area contributed by atoms with Gasteiger partial charge in [-0.05, 0) is 38.3 Å². The molecule has 21 heavy (non-hydrogen) atoms. The van der Waals surface area contributed by atoms with Crippen LogP contribution in [0, 0.1) is 17.6 Å². The highest BCUT2D eigenvalue weighted by atomic mass is 19.2. The first kappa shape index (κ1) is 18.1. The molecule has 4 heteroatoms. The molecule has 0 saturated carbocycles. The second kappa shape index (κ2) is 9.11. The highest BCUT2D eigenvalue weighted by molar-refractivity contribution is 5.22. The fraction of sp³-hybridized carbons (Fsp3) is 0.647. The molecule has 2 nitrogen and oxygen atoms in total. The van der Waals surface area contributed by atoms with Gasteiger partial charge in [-0.15, -0.1) is 0 Å². The Balaban J connectivity index is 2.73. The molecule has 120 valence electrons. The molecule has 0 aliphatic carbocycles. The van der Waals surface area contributed by atoms with Gasteiger partial charge in [0, 0.05) is 5.56 Å². The van der Waals surface area contributed by atoms with Crippen molar-refractivity contribution in [3.63, 3.8) is 0 Å². The summed E-state index contributed by atoms with van der Waals surface area (Å²) in [7, 11) is 0. The summed E-state index contributed by atoms with van der Waals surface area (Å²) in [6.07, 6.45) is 1.98. The Labute approximate surface area is 126 Å². The summed E-state index contributed by atoms with van der Waals surface area (Å²) in [5.41, 5.74) is 0.334. The van der Waals surface area contributed by atoms with Crippen LogP contribution in [-0.2, 0) is 4.74 Å². The van der Waals surface area contributed by atoms with Gasteiger partial charge < -0.3 is 10.1 Å². The second-order valence-corrected chi connectivity index (χ2v) is 5.92. The van der Waals surface area contributed by atoms with Crippen molar-refractivity contribution in [3.05, 3.63) is 35.4 Å². The van der Waals surface area contributed by atoms with E-state index in [-0.39, 0.29) is 12.1 Å². The predicted octanol–water partition coefficient (Wildman–Crippen LogP) is 4.46. The maximum Gasteiger partial charge on any atom is 0.163 e. The number of rotatable bonds is 9. The molecule has 0 saturated heterocycles. The van der Waals surface area contributed by atoms with E-state index in [0.29, 0.717) is 18.1 Å². The maximum absolute atomic E-state index is 13.9. The Morgan fingerprint density at radius 2 is 1.90 bits per heavy atom. The molecule has 1 aromatic rings. The molecule has 0 amide bonds. The van der Waals surface area contributed by atoms with Crippen LogP contribution in [0.2, 0.25) is 0 Å². The largest absolute Gasteiger partial charge is 0.377 e. The average Bonchev–Trinajstić information content (AvgIpc) is 2.42. The smallest absolute Gasteiger partial charge is 0.163 e. The topological polar surface area (TPSA) is 21.3 Å². The van der Waals surface area contributed by atoms with Gasteiger partial charge in [-0.3, -0.25) is 0 Å². The molecule has 1 aromatic carbocycles. The third kappa shape index (κ3) is 6.10. The summed E-state index contributed by atoms with van der Waals surface area (Å²) in [6.45, 7) is 9.40. The first-order valence-corrected chi connectivity index (χ1v) is 7.74. The molecule has 2 atom stereocenters. The van der Waals surface area contributed by atoms with Crippen LogP contribution in [0.4, 0.5) is 8.78 Å². The normalized spacial score (nSPS) is 14.4. The van der Waals surface area contributed by atoms with Crippen molar-refractivity contribution in [1.29, 1.82) is 0 Å². The highest BCUT2D eigenvalue weighted by Gasteiger charge is 2.19. The minimum absolute atomic E-state index is 0.104. The van der Waals surface area contributed by atoms with Gasteiger partial charge in [-0.2, -0.15) is 0 Å². The van der Waals surface area contributed by atoms with Crippen LogP contribution in [0.25, 0.3) is 0 Å². The van der Waals surface area contributed by atoms with Crippen molar-refractivity contribution in [2.24, 2.45) is 5.92 Å². The van der Waals surface area contributed by atoms with Crippen molar-refractivity contribution >= 4 is 0 Å². The van der Waals surface area contributed by atoms with E-state index in [4.69, 9.17) is 4.74 Å². The minimum atomic E-state index is -0.814. The molecule has 0 aliphatic heterocycles. The van der Waals surface area contributed by atoms with Gasteiger partial charge in [0.25, 0.3) is 0 Å². The number of ether oxygens (including phenoxy) is 1. The number of hydrogen-bond donors (Lipinski definition) is 1. The third-order valence-corrected chi connectivity index (χ3v) is 3.35. The van der Waals surface area contributed by atoms with Crippen LogP contribution in [0.5, 0.6) is 0 Å². The molecule has 1 rings (SSSR count). The van der Waals surface area contributed by atoms with Crippen molar-refractivity contribution in [1.82, 2.24) is 5.32 Å². The lowest BCUT2D eigenvalue weighted by Crippen LogP contribution is -2.29. The Hall–Kier alpha value is -1.00. The zero-order valence-corrected chi connectivity index (χ0v) is 13.5. The van der Waals surface area contributed by atoms with E-state index in [1.54, 1.807) is 6.07 Å². The van der Waals surface area contributed by atoms with Crippen molar-refractivity contribution in [2.45, 2.75) is 52.7 Å². The van der Waals surface area contributed by atoms with Gasteiger partial charge >= 0.3 is 0 Å². The lowest BCUT2D eigenvalue weighted by atomic mass is 10.1. The zero-order chi connectivity index (χ0) is 15.8. The summed E-state index contributed by atoms with van der Waals surface area (Å²) in [4.78, 5) is 0. The van der Waals surface area contributed by atoms with Gasteiger partial charge in [-0.25, -0.2) is 8.78 Å². The molecular weight excluding hydrogens is 272 g/mol. The van der Waals surface area contributed by atoms with Crippen molar-refractivity contribution in [3.8, 4) is 0 Å². The van der Waals surface area contributed by atoms with E-state index in [0.717, 1.165) is 25.5 Å². The molecule has 0 bridgehead atoms. The summed E-state index contributed by atoms with van der Waals surface area (Å²) in [6, 6.07) is 3.96. The Morgan fingerprint density at radius 1 is 1.19 bits per heavy atom. The van der Waals surface area contributed by atoms with Gasteiger partial charge in [0.05, 0.1) is 18.8 Å². The number of nitrogens with one attached hydrogen (secondary N) is 1. The third-order valence-electron chi connectivity index (χ3n) is 3.35. The van der Waals surface area contributed by atoms with Gasteiger partial charge in [-0.1, -0.05) is 32.9 Å². The molecule has 2 unspecified atom stereocenters. The van der Waals surface area contributed by atoms with Gasteiger partial charge in [0.15, 0.2) is 11.6 Å². The standard InChI is InChI=1S/C17H27F2NO/c1-5-9-20-16(11-21-13(4)10-12(2)3)14-7-6-8-15(18)17(14)19/h6-8,12-13,16,20H,5,9-11H2,1-4H3. The zero-order valence-electron chi connectivity index (χ0n) is 13.5. The molecule has 0 radical (unpaired) electrons. The van der Waals surface area contributed by atoms with E-state index >= 15 is 0 Å². The highest BCUT2D eigenvalue weighted by Crippen LogP contribution is 2.21. The predicted molar refractivity (Wildman–Crippen MR) is 82.3 cm³/mol. The van der Waals surface area contributed by atoms with E-state index in [1.165, 1.54) is 6.07 Å². The van der Waals surface area contributed by atoms with Crippen molar-refractivity contribution < 1.29 is 13.5 Å². The van der Waals surface area contributed by atoms with E-state index in [9.17, 15) is 8.78 Å². The Kier molecular flexibility index (Phi) is 7.83. The fourth-order valence-electron chi connectivity index (χ4n) is 2.36. The lowest BCUT2D eigenvalue weighted by molar-refractivity contribution is 0.0364. The lowest BCUT2D eigenvalue weighted by Gasteiger charge is -2.23. The van der Waals surface area contributed by atoms with Crippen LogP contribution in [-0.4, -0.2) is 19.3 Å². The molecule has 0 heterocycles. The molecule has 1 N–H and O–H groups in total. The molecule has 0 aromatic heterocycles. The van der Waals surface area contributed by atoms with Gasteiger partial charge in [0.2, 0.25) is 0 Å². The summed E-state index contributed by atoms with van der Waals surface area (Å²) >= 11 is 0. The minimum Gasteiger partial charge on any atom is -0.377 e. The van der Waals surface area contributed by atoms with E-state index < -0.39 is 11.6 Å². The van der Waals surface area contributed by atoms with E-state index in [2.05, 4.69) is 19.2 Å².